The summed E-state index contributed by atoms with van der Waals surface area (Å²) in [6.45, 7) is 8.72. The predicted molar refractivity (Wildman–Crippen MR) is 134 cm³/mol. The van der Waals surface area contributed by atoms with Crippen molar-refractivity contribution >= 4 is 5.65 Å². The number of benzene rings is 2. The number of phenolic OH excluding ortho intramolecular Hbond substituents is 1. The highest BCUT2D eigenvalue weighted by Crippen LogP contribution is 2.37. The summed E-state index contributed by atoms with van der Waals surface area (Å²) in [6, 6.07) is 24.2. The zero-order valence-electron chi connectivity index (χ0n) is 19.4. The molecule has 2 aromatic carbocycles. The van der Waals surface area contributed by atoms with E-state index in [9.17, 15) is 5.11 Å². The van der Waals surface area contributed by atoms with Crippen molar-refractivity contribution in [2.45, 2.75) is 33.1 Å². The van der Waals surface area contributed by atoms with Gasteiger partial charge in [-0.2, -0.15) is 0 Å². The second-order valence-corrected chi connectivity index (χ2v) is 9.44. The third kappa shape index (κ3) is 3.78. The minimum absolute atomic E-state index is 0.0169. The third-order valence-corrected chi connectivity index (χ3v) is 6.12. The van der Waals surface area contributed by atoms with Gasteiger partial charge in [0.2, 0.25) is 0 Å². The number of phenols is 1. The molecule has 0 atom stereocenters. The molecule has 0 bridgehead atoms. The fourth-order valence-electron chi connectivity index (χ4n) is 4.24. The molecule has 0 amide bonds. The molecular formula is C29H27N3O. The minimum Gasteiger partial charge on any atom is -0.507 e. The minimum atomic E-state index is -0.0169. The highest BCUT2D eigenvalue weighted by molar-refractivity contribution is 5.84. The van der Waals surface area contributed by atoms with Crippen molar-refractivity contribution in [3.05, 3.63) is 96.4 Å². The molecule has 0 aliphatic heterocycles. The van der Waals surface area contributed by atoms with E-state index in [0.29, 0.717) is 0 Å². The molecule has 0 radical (unpaired) electrons. The van der Waals surface area contributed by atoms with Gasteiger partial charge in [0, 0.05) is 34.8 Å². The molecule has 0 saturated carbocycles. The Bertz CT molecular complexity index is 1460. The molecule has 3 aromatic heterocycles. The van der Waals surface area contributed by atoms with Crippen LogP contribution in [0.25, 0.3) is 39.3 Å². The number of pyridine rings is 2. The lowest BCUT2D eigenvalue weighted by Gasteiger charge is -2.21. The zero-order valence-corrected chi connectivity index (χ0v) is 19.4. The Balaban J connectivity index is 1.76. The van der Waals surface area contributed by atoms with E-state index in [1.54, 1.807) is 6.07 Å². The monoisotopic (exact) mass is 433 g/mol. The lowest BCUT2D eigenvalue weighted by molar-refractivity contribution is 0.477. The van der Waals surface area contributed by atoms with Crippen LogP contribution in [0, 0.1) is 6.92 Å². The molecule has 5 rings (SSSR count). The molecule has 0 aliphatic carbocycles. The van der Waals surface area contributed by atoms with Crippen molar-refractivity contribution in [1.29, 1.82) is 0 Å². The van der Waals surface area contributed by atoms with Crippen LogP contribution in [-0.4, -0.2) is 19.5 Å². The number of para-hydroxylation sites is 1. The van der Waals surface area contributed by atoms with Crippen molar-refractivity contribution in [1.82, 2.24) is 14.4 Å². The van der Waals surface area contributed by atoms with Crippen LogP contribution < -0.4 is 0 Å². The van der Waals surface area contributed by atoms with Crippen LogP contribution in [0.1, 0.15) is 32.0 Å². The second-order valence-electron chi connectivity index (χ2n) is 9.44. The first-order chi connectivity index (χ1) is 15.8. The van der Waals surface area contributed by atoms with Crippen molar-refractivity contribution in [2.24, 2.45) is 0 Å². The van der Waals surface area contributed by atoms with Crippen LogP contribution in [0.3, 0.4) is 0 Å². The summed E-state index contributed by atoms with van der Waals surface area (Å²) >= 11 is 0. The predicted octanol–water partition coefficient (Wildman–Crippen LogP) is 7.04. The van der Waals surface area contributed by atoms with Gasteiger partial charge in [-0.25, -0.2) is 4.98 Å². The number of rotatable bonds is 3. The Labute approximate surface area is 194 Å². The fourth-order valence-corrected chi connectivity index (χ4v) is 4.24. The summed E-state index contributed by atoms with van der Waals surface area (Å²) < 4.78 is 2.10. The van der Waals surface area contributed by atoms with Gasteiger partial charge in [0.05, 0.1) is 11.4 Å². The van der Waals surface area contributed by atoms with E-state index >= 15 is 0 Å². The third-order valence-electron chi connectivity index (χ3n) is 6.12. The van der Waals surface area contributed by atoms with Gasteiger partial charge < -0.3 is 9.51 Å². The summed E-state index contributed by atoms with van der Waals surface area (Å²) in [5, 5.41) is 10.4. The van der Waals surface area contributed by atoms with Gasteiger partial charge in [0.1, 0.15) is 11.4 Å². The summed E-state index contributed by atoms with van der Waals surface area (Å²) in [5.41, 5.74) is 8.79. The maximum Gasteiger partial charge on any atom is 0.145 e. The van der Waals surface area contributed by atoms with Crippen molar-refractivity contribution in [2.75, 3.05) is 0 Å². The summed E-state index contributed by atoms with van der Waals surface area (Å²) in [5.74, 6) is 0.234. The first-order valence-electron chi connectivity index (χ1n) is 11.2. The van der Waals surface area contributed by atoms with Gasteiger partial charge in [-0.1, -0.05) is 45.0 Å². The number of aromatic nitrogens is 3. The molecule has 0 fully saturated rings. The van der Waals surface area contributed by atoms with Gasteiger partial charge in [-0.15, -0.1) is 0 Å². The summed E-state index contributed by atoms with van der Waals surface area (Å²) in [4.78, 5) is 9.59. The Hall–Kier alpha value is -3.92. The first-order valence-corrected chi connectivity index (χ1v) is 11.2. The molecule has 1 N–H and O–H groups in total. The van der Waals surface area contributed by atoms with E-state index in [4.69, 9.17) is 4.98 Å². The SMILES string of the molecule is Cc1c(-c2ccccc2O)nc2c(-c3cc(-c4ccccn4)cc(C(C)(C)C)c3)cccn12. The molecule has 4 nitrogen and oxygen atoms in total. The van der Waals surface area contributed by atoms with Crippen LogP contribution in [0.15, 0.2) is 85.2 Å². The van der Waals surface area contributed by atoms with Gasteiger partial charge >= 0.3 is 0 Å². The molecule has 164 valence electrons. The zero-order chi connectivity index (χ0) is 23.2. The standard InChI is InChI=1S/C29H27N3O/c1-19-27(24-10-5-6-13-26(24)33)31-28-23(11-9-15-32(19)28)20-16-21(25-12-7-8-14-30-25)18-22(17-20)29(2,3)4/h5-18,33H,1-4H3. The number of aryl methyl sites for hydroxylation is 1. The number of hydrogen-bond donors (Lipinski definition) is 1. The van der Waals surface area contributed by atoms with E-state index in [0.717, 1.165) is 45.0 Å². The molecule has 5 aromatic rings. The molecule has 0 aliphatic rings. The molecular weight excluding hydrogens is 406 g/mol. The Morgan fingerprint density at radius 2 is 1.55 bits per heavy atom. The molecule has 4 heteroatoms. The van der Waals surface area contributed by atoms with E-state index < -0.39 is 0 Å². The highest BCUT2D eigenvalue weighted by atomic mass is 16.3. The smallest absolute Gasteiger partial charge is 0.145 e. The lowest BCUT2D eigenvalue weighted by atomic mass is 9.84. The Morgan fingerprint density at radius 1 is 0.818 bits per heavy atom. The van der Waals surface area contributed by atoms with E-state index in [2.05, 4.69) is 60.5 Å². The highest BCUT2D eigenvalue weighted by Gasteiger charge is 2.20. The number of hydrogen-bond acceptors (Lipinski definition) is 3. The summed E-state index contributed by atoms with van der Waals surface area (Å²) in [6.07, 6.45) is 3.86. The van der Waals surface area contributed by atoms with Gasteiger partial charge in [0.15, 0.2) is 0 Å². The molecule has 0 saturated heterocycles. The quantitative estimate of drug-likeness (QED) is 0.332. The maximum atomic E-state index is 10.4. The topological polar surface area (TPSA) is 50.4 Å². The van der Waals surface area contributed by atoms with Gasteiger partial charge in [-0.05, 0) is 72.0 Å². The molecule has 3 heterocycles. The van der Waals surface area contributed by atoms with E-state index in [1.165, 1.54) is 5.56 Å². The molecule has 0 spiro atoms. The van der Waals surface area contributed by atoms with Gasteiger partial charge in [0.25, 0.3) is 0 Å². The molecule has 33 heavy (non-hydrogen) atoms. The second kappa shape index (κ2) is 7.89. The fraction of sp³-hybridized carbons (Fsp3) is 0.172. The van der Waals surface area contributed by atoms with Crippen LogP contribution in [0.2, 0.25) is 0 Å². The average Bonchev–Trinajstić information content (AvgIpc) is 3.15. The Kier molecular flexibility index (Phi) is 5.01. The lowest BCUT2D eigenvalue weighted by Crippen LogP contribution is -2.11. The van der Waals surface area contributed by atoms with Crippen LogP contribution in [-0.2, 0) is 5.41 Å². The number of fused-ring (bicyclic) bond motifs is 1. The average molecular weight is 434 g/mol. The Morgan fingerprint density at radius 3 is 2.27 bits per heavy atom. The van der Waals surface area contributed by atoms with Crippen molar-refractivity contribution < 1.29 is 5.11 Å². The number of aromatic hydroxyl groups is 1. The van der Waals surface area contributed by atoms with Crippen LogP contribution >= 0.6 is 0 Å². The normalized spacial score (nSPS) is 11.8. The van der Waals surface area contributed by atoms with Gasteiger partial charge in [-0.3, -0.25) is 4.98 Å². The van der Waals surface area contributed by atoms with E-state index in [1.807, 2.05) is 55.7 Å². The maximum absolute atomic E-state index is 10.4. The van der Waals surface area contributed by atoms with E-state index in [-0.39, 0.29) is 11.2 Å². The first kappa shape index (κ1) is 21.0. The van der Waals surface area contributed by atoms with Crippen molar-refractivity contribution in [3.8, 4) is 39.4 Å². The number of nitrogens with zero attached hydrogens (tertiary/aromatic N) is 3. The number of imidazole rings is 1. The van der Waals surface area contributed by atoms with Crippen molar-refractivity contribution in [3.63, 3.8) is 0 Å². The van der Waals surface area contributed by atoms with Crippen LogP contribution in [0.5, 0.6) is 5.75 Å². The molecule has 0 unspecified atom stereocenters. The summed E-state index contributed by atoms with van der Waals surface area (Å²) in [7, 11) is 0. The largest absolute Gasteiger partial charge is 0.507 e. The van der Waals surface area contributed by atoms with Crippen LogP contribution in [0.4, 0.5) is 0 Å².